The number of ether oxygens (including phenoxy) is 2. The molecule has 0 spiro atoms. The average Bonchev–Trinajstić information content (AvgIpc) is 2.60. The van der Waals surface area contributed by atoms with Crippen molar-refractivity contribution in [1.29, 1.82) is 0 Å². The van der Waals surface area contributed by atoms with E-state index in [1.54, 1.807) is 6.92 Å². The van der Waals surface area contributed by atoms with Crippen LogP contribution >= 0.6 is 0 Å². The molecule has 0 rings (SSSR count). The van der Waals surface area contributed by atoms with Crippen molar-refractivity contribution in [1.82, 2.24) is 0 Å². The lowest BCUT2D eigenvalue weighted by Gasteiger charge is -2.07. The lowest BCUT2D eigenvalue weighted by Crippen LogP contribution is -2.17. The zero-order valence-electron chi connectivity index (χ0n) is 19.5. The predicted octanol–water partition coefficient (Wildman–Crippen LogP) is 5.74. The number of hydrogen-bond acceptors (Lipinski definition) is 4. The van der Waals surface area contributed by atoms with Gasteiger partial charge in [0.05, 0.1) is 6.61 Å². The molecule has 0 saturated heterocycles. The number of nitrogens with zero attached hydrogens (tertiary/aromatic N) is 1. The van der Waals surface area contributed by atoms with Gasteiger partial charge in [0, 0.05) is 0 Å². The van der Waals surface area contributed by atoms with Crippen LogP contribution < -0.4 is 5.14 Å². The molecule has 2 N–H and O–H groups in total. The second kappa shape index (κ2) is 15.9. The van der Waals surface area contributed by atoms with Crippen LogP contribution in [0.1, 0.15) is 80.1 Å². The van der Waals surface area contributed by atoms with Crippen LogP contribution in [0.5, 0.6) is 0 Å². The Labute approximate surface area is 183 Å². The number of hydrogen-bond donors (Lipinski definition) is 1. The van der Waals surface area contributed by atoms with Crippen LogP contribution in [0.2, 0.25) is 0 Å². The van der Waals surface area contributed by atoms with E-state index in [9.17, 15) is 8.42 Å². The monoisotopic (exact) mass is 440 g/mol. The van der Waals surface area contributed by atoms with Crippen molar-refractivity contribution >= 4 is 16.3 Å². The van der Waals surface area contributed by atoms with E-state index in [0.717, 1.165) is 44.1 Å². The van der Waals surface area contributed by atoms with Gasteiger partial charge in [0.15, 0.2) is 0 Å². The maximum Gasteiger partial charge on any atom is 0.400 e. The summed E-state index contributed by atoms with van der Waals surface area (Å²) in [6.45, 7) is 12.8. The maximum atomic E-state index is 11.0. The van der Waals surface area contributed by atoms with Crippen LogP contribution in [-0.4, -0.2) is 27.7 Å². The first kappa shape index (κ1) is 28.1. The van der Waals surface area contributed by atoms with Crippen LogP contribution in [0.4, 0.5) is 0 Å². The van der Waals surface area contributed by atoms with Gasteiger partial charge in [-0.3, -0.25) is 0 Å². The van der Waals surface area contributed by atoms with Crippen LogP contribution in [0.15, 0.2) is 51.0 Å². The molecule has 0 atom stereocenters. The standard InChI is InChI=1S/C23H40N2O4S/c1-7-28-23(25-30(24,26)27)29-18-17-22(6)16-10-15-21(5)14-9-13-20(4)12-8-11-19(2)3/h11,13,15,17H,7-10,12,14,16,18H2,1-6H3,(H2,24,26,27). The van der Waals surface area contributed by atoms with E-state index in [-0.39, 0.29) is 19.3 Å². The molecule has 0 aromatic rings. The summed E-state index contributed by atoms with van der Waals surface area (Å²) in [6.07, 6.45) is 14.7. The molecule has 0 aliphatic heterocycles. The third-order valence-electron chi connectivity index (χ3n) is 4.26. The van der Waals surface area contributed by atoms with E-state index in [1.165, 1.54) is 16.7 Å². The average molecular weight is 441 g/mol. The molecule has 0 heterocycles. The van der Waals surface area contributed by atoms with E-state index in [4.69, 9.17) is 14.6 Å². The van der Waals surface area contributed by atoms with Gasteiger partial charge < -0.3 is 9.47 Å². The molecule has 0 fully saturated rings. The molecule has 0 aromatic carbocycles. The quantitative estimate of drug-likeness (QED) is 0.224. The van der Waals surface area contributed by atoms with Crippen LogP contribution in [0.25, 0.3) is 0 Å². The summed E-state index contributed by atoms with van der Waals surface area (Å²) in [5.74, 6) is 0. The van der Waals surface area contributed by atoms with E-state index in [2.05, 4.69) is 50.3 Å². The van der Waals surface area contributed by atoms with Gasteiger partial charge in [-0.25, -0.2) is 5.14 Å². The Hall–Kier alpha value is -1.86. The molecule has 7 heteroatoms. The van der Waals surface area contributed by atoms with E-state index >= 15 is 0 Å². The zero-order valence-corrected chi connectivity index (χ0v) is 20.3. The topological polar surface area (TPSA) is 91.0 Å². The summed E-state index contributed by atoms with van der Waals surface area (Å²) >= 11 is 0. The molecule has 0 radical (unpaired) electrons. The summed E-state index contributed by atoms with van der Waals surface area (Å²) in [5, 5.41) is 4.87. The van der Waals surface area contributed by atoms with Gasteiger partial charge in [-0.05, 0) is 86.1 Å². The Kier molecular flexibility index (Phi) is 14.9. The van der Waals surface area contributed by atoms with Crippen LogP contribution in [-0.2, 0) is 19.7 Å². The number of allylic oxidation sites excluding steroid dienone is 7. The molecule has 6 nitrogen and oxygen atoms in total. The minimum Gasteiger partial charge on any atom is -0.450 e. The Bertz CT molecular complexity index is 756. The highest BCUT2D eigenvalue weighted by atomic mass is 32.2. The van der Waals surface area contributed by atoms with Gasteiger partial charge in [0.25, 0.3) is 0 Å². The predicted molar refractivity (Wildman–Crippen MR) is 127 cm³/mol. The van der Waals surface area contributed by atoms with E-state index in [1.807, 2.05) is 13.0 Å². The fourth-order valence-corrected chi connectivity index (χ4v) is 2.88. The molecule has 0 unspecified atom stereocenters. The van der Waals surface area contributed by atoms with Gasteiger partial charge in [0.1, 0.15) is 6.61 Å². The summed E-state index contributed by atoms with van der Waals surface area (Å²) in [7, 11) is -4.04. The Morgan fingerprint density at radius 2 is 1.27 bits per heavy atom. The fourth-order valence-electron chi connectivity index (χ4n) is 2.56. The van der Waals surface area contributed by atoms with Crippen molar-refractivity contribution < 1.29 is 17.9 Å². The Balaban J connectivity index is 4.30. The van der Waals surface area contributed by atoms with Gasteiger partial charge in [-0.1, -0.05) is 44.9 Å². The summed E-state index contributed by atoms with van der Waals surface area (Å²) < 4.78 is 35.5. The minimum atomic E-state index is -4.04. The third-order valence-corrected chi connectivity index (χ3v) is 4.67. The third kappa shape index (κ3) is 18.2. The van der Waals surface area contributed by atoms with Crippen molar-refractivity contribution in [3.8, 4) is 0 Å². The minimum absolute atomic E-state index is 0.180. The molecular weight excluding hydrogens is 400 g/mol. The SMILES string of the molecule is CCOC(=NS(N)(=O)=O)OCC=C(C)CCC=C(C)CCC=C(C)CCC=C(C)C. The second-order valence-corrected chi connectivity index (χ2v) is 8.88. The van der Waals surface area contributed by atoms with Gasteiger partial charge in [-0.2, -0.15) is 8.42 Å². The highest BCUT2D eigenvalue weighted by molar-refractivity contribution is 7.87. The lowest BCUT2D eigenvalue weighted by molar-refractivity contribution is 0.191. The second-order valence-electron chi connectivity index (χ2n) is 7.67. The lowest BCUT2D eigenvalue weighted by atomic mass is 10.0. The van der Waals surface area contributed by atoms with Gasteiger partial charge >= 0.3 is 16.3 Å². The molecule has 0 aliphatic rings. The largest absolute Gasteiger partial charge is 0.450 e. The van der Waals surface area contributed by atoms with Crippen molar-refractivity contribution in [3.05, 3.63) is 46.6 Å². The van der Waals surface area contributed by atoms with Crippen molar-refractivity contribution in [3.63, 3.8) is 0 Å². The highest BCUT2D eigenvalue weighted by Crippen LogP contribution is 2.13. The molecule has 0 amide bonds. The van der Waals surface area contributed by atoms with Crippen LogP contribution in [0, 0.1) is 0 Å². The number of rotatable bonds is 13. The molecular formula is C23H40N2O4S. The Morgan fingerprint density at radius 1 is 0.800 bits per heavy atom. The summed E-state index contributed by atoms with van der Waals surface area (Å²) in [5.41, 5.74) is 5.38. The molecule has 172 valence electrons. The first-order valence-corrected chi connectivity index (χ1v) is 12.0. The van der Waals surface area contributed by atoms with E-state index < -0.39 is 10.2 Å². The fraction of sp³-hybridized carbons (Fsp3) is 0.609. The first-order chi connectivity index (χ1) is 14.0. The normalized spacial score (nSPS) is 14.0. The molecule has 0 saturated carbocycles. The van der Waals surface area contributed by atoms with Crippen molar-refractivity contribution in [2.45, 2.75) is 80.1 Å². The molecule has 0 aliphatic carbocycles. The summed E-state index contributed by atoms with van der Waals surface area (Å²) in [6, 6.07) is 0. The van der Waals surface area contributed by atoms with Gasteiger partial charge in [-0.15, -0.1) is 0 Å². The highest BCUT2D eigenvalue weighted by Gasteiger charge is 2.06. The smallest absolute Gasteiger partial charge is 0.400 e. The molecule has 0 bridgehead atoms. The first-order valence-electron chi connectivity index (χ1n) is 10.5. The molecule has 0 aromatic heterocycles. The maximum absolute atomic E-state index is 11.0. The van der Waals surface area contributed by atoms with Crippen molar-refractivity contribution in [2.75, 3.05) is 13.2 Å². The van der Waals surface area contributed by atoms with Gasteiger partial charge in [0.2, 0.25) is 0 Å². The van der Waals surface area contributed by atoms with Crippen molar-refractivity contribution in [2.24, 2.45) is 9.54 Å². The number of nitrogens with two attached hydrogens (primary N) is 1. The zero-order chi connectivity index (χ0) is 23.0. The van der Waals surface area contributed by atoms with E-state index in [0.29, 0.717) is 0 Å². The molecule has 30 heavy (non-hydrogen) atoms. The Morgan fingerprint density at radius 3 is 1.70 bits per heavy atom. The summed E-state index contributed by atoms with van der Waals surface area (Å²) in [4.78, 5) is 0. The van der Waals surface area contributed by atoms with Crippen LogP contribution in [0.3, 0.4) is 0 Å².